The summed E-state index contributed by atoms with van der Waals surface area (Å²) in [6, 6.07) is 7.69. The Bertz CT molecular complexity index is 580. The van der Waals surface area contributed by atoms with Crippen molar-refractivity contribution in [3.05, 3.63) is 24.3 Å². The molecule has 5 nitrogen and oxygen atoms in total. The third kappa shape index (κ3) is 17.4. The second-order valence-electron chi connectivity index (χ2n) is 8.84. The summed E-state index contributed by atoms with van der Waals surface area (Å²) in [5.41, 5.74) is 0.834. The predicted molar refractivity (Wildman–Crippen MR) is 140 cm³/mol. The van der Waals surface area contributed by atoms with E-state index in [1.165, 1.54) is 83.5 Å². The number of ether oxygens (including phenoxy) is 2. The van der Waals surface area contributed by atoms with Crippen LogP contribution in [0, 0.1) is 0 Å². The maximum atomic E-state index is 12.1. The summed E-state index contributed by atoms with van der Waals surface area (Å²) in [5, 5.41) is 6.19. The molecule has 190 valence electrons. The first-order valence-electron chi connectivity index (χ1n) is 13.6. The highest BCUT2D eigenvalue weighted by Crippen LogP contribution is 2.23. The number of hydrogen-bond acceptors (Lipinski definition) is 4. The average molecular weight is 463 g/mol. The van der Waals surface area contributed by atoms with Crippen LogP contribution in [0.2, 0.25) is 0 Å². The molecule has 0 saturated carbocycles. The number of nitrogens with one attached hydrogen (secondary N) is 2. The molecule has 0 aliphatic rings. The van der Waals surface area contributed by atoms with Gasteiger partial charge in [-0.15, -0.1) is 0 Å². The molecule has 33 heavy (non-hydrogen) atoms. The molecule has 0 heterocycles. The normalized spacial score (nSPS) is 10.8. The first kappa shape index (κ1) is 29.3. The van der Waals surface area contributed by atoms with E-state index < -0.39 is 0 Å². The molecule has 0 aliphatic heterocycles. The lowest BCUT2D eigenvalue weighted by Gasteiger charge is -2.13. The molecule has 0 radical (unpaired) electrons. The maximum Gasteiger partial charge on any atom is 0.239 e. The molecule has 1 amide bonds. The minimum absolute atomic E-state index is 0.0220. The number of amides is 1. The summed E-state index contributed by atoms with van der Waals surface area (Å²) in [7, 11) is 0. The number of rotatable bonds is 23. The van der Waals surface area contributed by atoms with Crippen LogP contribution >= 0.6 is 0 Å². The van der Waals surface area contributed by atoms with E-state index in [1.807, 2.05) is 31.2 Å². The Morgan fingerprint density at radius 1 is 0.758 bits per heavy atom. The van der Waals surface area contributed by atoms with Crippen LogP contribution in [0.4, 0.5) is 5.69 Å². The van der Waals surface area contributed by atoms with Crippen LogP contribution in [-0.4, -0.2) is 38.8 Å². The van der Waals surface area contributed by atoms with Crippen LogP contribution in [0.25, 0.3) is 0 Å². The van der Waals surface area contributed by atoms with E-state index in [0.29, 0.717) is 19.8 Å². The quantitative estimate of drug-likeness (QED) is 0.170. The largest absolute Gasteiger partial charge is 0.489 e. The van der Waals surface area contributed by atoms with Crippen molar-refractivity contribution in [1.82, 2.24) is 5.32 Å². The smallest absolute Gasteiger partial charge is 0.239 e. The molecule has 0 atom stereocenters. The zero-order valence-corrected chi connectivity index (χ0v) is 21.5. The van der Waals surface area contributed by atoms with E-state index >= 15 is 0 Å². The molecule has 1 rings (SSSR count). The number of benzene rings is 1. The monoisotopic (exact) mass is 462 g/mol. The van der Waals surface area contributed by atoms with Gasteiger partial charge in [-0.05, 0) is 25.5 Å². The van der Waals surface area contributed by atoms with Gasteiger partial charge in [-0.3, -0.25) is 4.79 Å². The Labute approximate surface area is 203 Å². The number of carbonyl (C=O) groups is 1. The average Bonchev–Trinajstić information content (AvgIpc) is 2.83. The molecule has 0 bridgehead atoms. The summed E-state index contributed by atoms with van der Waals surface area (Å²) in [6.07, 6.45) is 18.8. The topological polar surface area (TPSA) is 59.6 Å². The fourth-order valence-electron chi connectivity index (χ4n) is 3.88. The Kier molecular flexibility index (Phi) is 19.6. The van der Waals surface area contributed by atoms with E-state index in [2.05, 4.69) is 17.6 Å². The Balaban J connectivity index is 1.95. The van der Waals surface area contributed by atoms with Crippen molar-refractivity contribution in [2.24, 2.45) is 0 Å². The standard InChI is InChI=1S/C28H50N2O3/c1-3-5-6-7-8-9-10-11-12-13-14-15-16-19-22-29-28(31)25-30-26-20-17-18-21-27(26)33-24-23-32-4-2/h17-18,20-21,30H,3-16,19,22-25H2,1-2H3,(H,29,31). The van der Waals surface area contributed by atoms with E-state index in [-0.39, 0.29) is 12.5 Å². The van der Waals surface area contributed by atoms with E-state index in [9.17, 15) is 4.79 Å². The molecular weight excluding hydrogens is 412 g/mol. The molecule has 0 aliphatic carbocycles. The molecule has 0 saturated heterocycles. The third-order valence-electron chi connectivity index (χ3n) is 5.87. The van der Waals surface area contributed by atoms with Gasteiger partial charge >= 0.3 is 0 Å². The van der Waals surface area contributed by atoms with E-state index in [0.717, 1.165) is 24.4 Å². The van der Waals surface area contributed by atoms with Gasteiger partial charge in [0, 0.05) is 13.2 Å². The number of anilines is 1. The highest BCUT2D eigenvalue weighted by atomic mass is 16.5. The molecule has 5 heteroatoms. The molecule has 2 N–H and O–H groups in total. The third-order valence-corrected chi connectivity index (χ3v) is 5.87. The Morgan fingerprint density at radius 3 is 1.94 bits per heavy atom. The molecule has 0 aromatic heterocycles. The van der Waals surface area contributed by atoms with Gasteiger partial charge in [0.15, 0.2) is 0 Å². The highest BCUT2D eigenvalue weighted by molar-refractivity contribution is 5.81. The SMILES string of the molecule is CCCCCCCCCCCCCCCCNC(=O)CNc1ccccc1OCCOCC. The zero-order valence-electron chi connectivity index (χ0n) is 21.5. The van der Waals surface area contributed by atoms with Gasteiger partial charge in [-0.2, -0.15) is 0 Å². The molecule has 0 spiro atoms. The van der Waals surface area contributed by atoms with Gasteiger partial charge in [0.2, 0.25) is 5.91 Å². The zero-order chi connectivity index (χ0) is 23.8. The van der Waals surface area contributed by atoms with Crippen LogP contribution in [0.1, 0.15) is 104 Å². The Hall–Kier alpha value is -1.75. The predicted octanol–water partition coefficient (Wildman–Crippen LogP) is 7.11. The second-order valence-corrected chi connectivity index (χ2v) is 8.84. The van der Waals surface area contributed by atoms with E-state index in [4.69, 9.17) is 9.47 Å². The first-order valence-corrected chi connectivity index (χ1v) is 13.6. The van der Waals surface area contributed by atoms with Gasteiger partial charge in [-0.25, -0.2) is 0 Å². The van der Waals surface area contributed by atoms with Crippen molar-refractivity contribution < 1.29 is 14.3 Å². The highest BCUT2D eigenvalue weighted by Gasteiger charge is 2.05. The van der Waals surface area contributed by atoms with E-state index in [1.54, 1.807) is 0 Å². The summed E-state index contributed by atoms with van der Waals surface area (Å²) < 4.78 is 11.0. The summed E-state index contributed by atoms with van der Waals surface area (Å²) in [5.74, 6) is 0.769. The number of hydrogen-bond donors (Lipinski definition) is 2. The molecule has 1 aromatic rings. The van der Waals surface area contributed by atoms with Crippen molar-refractivity contribution in [3.8, 4) is 5.75 Å². The van der Waals surface area contributed by atoms with Crippen molar-refractivity contribution >= 4 is 11.6 Å². The minimum atomic E-state index is 0.0220. The number of para-hydroxylation sites is 2. The molecule has 0 fully saturated rings. The second kappa shape index (κ2) is 22.1. The van der Waals surface area contributed by atoms with Crippen LogP contribution < -0.4 is 15.4 Å². The first-order chi connectivity index (χ1) is 16.3. The summed E-state index contributed by atoms with van der Waals surface area (Å²) in [4.78, 5) is 12.1. The summed E-state index contributed by atoms with van der Waals surface area (Å²) >= 11 is 0. The van der Waals surface area contributed by atoms with Crippen LogP contribution in [0.15, 0.2) is 24.3 Å². The molecule has 0 unspecified atom stereocenters. The van der Waals surface area contributed by atoms with Crippen LogP contribution in [0.5, 0.6) is 5.75 Å². The fraction of sp³-hybridized carbons (Fsp3) is 0.750. The molecule has 1 aromatic carbocycles. The number of carbonyl (C=O) groups excluding carboxylic acids is 1. The molecular formula is C28H50N2O3. The van der Waals surface area contributed by atoms with Crippen molar-refractivity contribution in [1.29, 1.82) is 0 Å². The lowest BCUT2D eigenvalue weighted by molar-refractivity contribution is -0.119. The lowest BCUT2D eigenvalue weighted by Crippen LogP contribution is -2.30. The van der Waals surface area contributed by atoms with Gasteiger partial charge in [0.25, 0.3) is 0 Å². The van der Waals surface area contributed by atoms with Gasteiger partial charge in [0.05, 0.1) is 18.8 Å². The Morgan fingerprint density at radius 2 is 1.33 bits per heavy atom. The van der Waals surface area contributed by atoms with Crippen molar-refractivity contribution in [3.63, 3.8) is 0 Å². The van der Waals surface area contributed by atoms with Gasteiger partial charge in [0.1, 0.15) is 12.4 Å². The summed E-state index contributed by atoms with van der Waals surface area (Å²) in [6.45, 7) is 6.99. The van der Waals surface area contributed by atoms with Crippen molar-refractivity contribution in [2.45, 2.75) is 104 Å². The minimum Gasteiger partial charge on any atom is -0.489 e. The van der Waals surface area contributed by atoms with Crippen LogP contribution in [-0.2, 0) is 9.53 Å². The van der Waals surface area contributed by atoms with Crippen molar-refractivity contribution in [2.75, 3.05) is 38.2 Å². The number of unbranched alkanes of at least 4 members (excludes halogenated alkanes) is 13. The maximum absolute atomic E-state index is 12.1. The fourth-order valence-corrected chi connectivity index (χ4v) is 3.88. The van der Waals surface area contributed by atoms with Gasteiger partial charge < -0.3 is 20.1 Å². The van der Waals surface area contributed by atoms with Crippen LogP contribution in [0.3, 0.4) is 0 Å². The lowest BCUT2D eigenvalue weighted by atomic mass is 10.0. The van der Waals surface area contributed by atoms with Gasteiger partial charge in [-0.1, -0.05) is 103 Å².